The Hall–Kier alpha value is -2.64. The number of ether oxygens (including phenoxy) is 1. The predicted octanol–water partition coefficient (Wildman–Crippen LogP) is 0.780. The number of nitrogens with zero attached hydrogens (tertiary/aromatic N) is 2. The van der Waals surface area contributed by atoms with E-state index in [1.54, 1.807) is 0 Å². The summed E-state index contributed by atoms with van der Waals surface area (Å²) < 4.78 is 60.9. The summed E-state index contributed by atoms with van der Waals surface area (Å²) in [6.45, 7) is 3.65. The molecule has 9 nitrogen and oxygen atoms in total. The number of carbonyl (C=O) groups excluding carboxylic acids is 1. The summed E-state index contributed by atoms with van der Waals surface area (Å²) in [5.41, 5.74) is 5.83. The first kappa shape index (κ1) is 23.6. The van der Waals surface area contributed by atoms with Crippen molar-refractivity contribution >= 4 is 33.7 Å². The molecule has 13 heteroatoms. The Morgan fingerprint density at radius 3 is 2.90 bits per heavy atom. The van der Waals surface area contributed by atoms with Crippen LogP contribution < -0.4 is 16.4 Å². The van der Waals surface area contributed by atoms with E-state index < -0.39 is 27.8 Å². The second-order valence-electron chi connectivity index (χ2n) is 5.94. The van der Waals surface area contributed by atoms with E-state index in [2.05, 4.69) is 21.6 Å². The number of amides is 1. The van der Waals surface area contributed by atoms with Crippen LogP contribution >= 0.6 is 11.8 Å². The third-order valence-corrected chi connectivity index (χ3v) is 6.06. The Labute approximate surface area is 177 Å². The third-order valence-electron chi connectivity index (χ3n) is 3.75. The van der Waals surface area contributed by atoms with Crippen molar-refractivity contribution < 1.29 is 26.7 Å². The molecule has 4 N–H and O–H groups in total. The van der Waals surface area contributed by atoms with E-state index in [1.165, 1.54) is 19.2 Å². The molecule has 0 saturated carbocycles. The summed E-state index contributed by atoms with van der Waals surface area (Å²) in [6, 6.07) is 3.87. The van der Waals surface area contributed by atoms with E-state index in [0.717, 1.165) is 28.2 Å². The van der Waals surface area contributed by atoms with E-state index >= 15 is 0 Å². The van der Waals surface area contributed by atoms with Gasteiger partial charge in [0.1, 0.15) is 5.84 Å². The molecule has 0 unspecified atom stereocenters. The van der Waals surface area contributed by atoms with Gasteiger partial charge in [-0.05, 0) is 6.07 Å². The molecule has 1 saturated heterocycles. The van der Waals surface area contributed by atoms with Gasteiger partial charge >= 0.3 is 10.2 Å². The molecule has 0 spiro atoms. The summed E-state index contributed by atoms with van der Waals surface area (Å²) in [4.78, 5) is 11.4. The lowest BCUT2D eigenvalue weighted by atomic mass is 10.2. The van der Waals surface area contributed by atoms with Crippen LogP contribution in [0.2, 0.25) is 0 Å². The highest BCUT2D eigenvalue weighted by Crippen LogP contribution is 2.22. The van der Waals surface area contributed by atoms with Gasteiger partial charge < -0.3 is 21.1 Å². The Kier molecular flexibility index (Phi) is 8.20. The number of methoxy groups -OCH3 is 1. The van der Waals surface area contributed by atoms with Crippen molar-refractivity contribution in [2.45, 2.75) is 5.75 Å². The van der Waals surface area contributed by atoms with Gasteiger partial charge in [-0.3, -0.25) is 4.79 Å². The van der Waals surface area contributed by atoms with Crippen LogP contribution in [0.1, 0.15) is 5.56 Å². The van der Waals surface area contributed by atoms with Gasteiger partial charge in [-0.2, -0.15) is 12.7 Å². The number of nitrogens with one attached hydrogen (secondary N) is 2. The lowest BCUT2D eigenvalue weighted by Gasteiger charge is -2.23. The lowest BCUT2D eigenvalue weighted by molar-refractivity contribution is -0.122. The summed E-state index contributed by atoms with van der Waals surface area (Å²) in [7, 11) is -2.84. The molecule has 0 aliphatic carbocycles. The van der Waals surface area contributed by atoms with Crippen LogP contribution in [0.15, 0.2) is 46.2 Å². The Morgan fingerprint density at radius 1 is 1.50 bits per heavy atom. The number of nitrogens with two attached hydrogens (primary N) is 1. The summed E-state index contributed by atoms with van der Waals surface area (Å²) in [6.07, 6.45) is 1.12. The molecule has 1 aliphatic heterocycles. The Morgan fingerprint density at radius 2 is 2.23 bits per heavy atom. The first-order chi connectivity index (χ1) is 14.1. The molecule has 0 aromatic heterocycles. The highest BCUT2D eigenvalue weighted by molar-refractivity contribution is 8.02. The van der Waals surface area contributed by atoms with E-state index in [-0.39, 0.29) is 42.7 Å². The van der Waals surface area contributed by atoms with Gasteiger partial charge in [0.25, 0.3) is 0 Å². The minimum Gasteiger partial charge on any atom is -0.482 e. The number of piperazine rings is 1. The van der Waals surface area contributed by atoms with E-state index in [1.807, 2.05) is 0 Å². The minimum absolute atomic E-state index is 0.0278. The second kappa shape index (κ2) is 10.4. The van der Waals surface area contributed by atoms with Crippen LogP contribution in [0, 0.1) is 11.6 Å². The maximum Gasteiger partial charge on any atom is 0.324 e. The number of amidine groups is 1. The fourth-order valence-corrected chi connectivity index (χ4v) is 4.07. The van der Waals surface area contributed by atoms with Gasteiger partial charge in [0.05, 0.1) is 18.7 Å². The monoisotopic (exact) mass is 461 g/mol. The lowest BCUT2D eigenvalue weighted by Crippen LogP contribution is -2.49. The van der Waals surface area contributed by atoms with Gasteiger partial charge in [0, 0.05) is 30.5 Å². The van der Waals surface area contributed by atoms with Crippen LogP contribution in [-0.2, 0) is 25.5 Å². The standard InChI is InChI=1S/C17H21F2N5O4S2/c1-11(29-10-12-4-3-5-13(18)17(12)19)22-16(28-2)8-14(20)23-30(26,27)24-7-6-21-15(25)9-24/h3-5,8,22H,1,6-7,9-10H2,2H3,(H2,20,23)(H,21,25). The maximum atomic E-state index is 13.7. The zero-order valence-corrected chi connectivity index (χ0v) is 17.7. The van der Waals surface area contributed by atoms with Crippen molar-refractivity contribution in [1.29, 1.82) is 0 Å². The molecular formula is C17H21F2N5O4S2. The topological polar surface area (TPSA) is 126 Å². The van der Waals surface area contributed by atoms with Crippen molar-refractivity contribution in [3.05, 3.63) is 59.0 Å². The summed E-state index contributed by atoms with van der Waals surface area (Å²) in [5.74, 6) is -2.58. The van der Waals surface area contributed by atoms with Crippen LogP contribution in [0.3, 0.4) is 0 Å². The first-order valence-corrected chi connectivity index (χ1v) is 10.9. The molecule has 1 heterocycles. The van der Waals surface area contributed by atoms with Gasteiger partial charge in [-0.25, -0.2) is 8.78 Å². The number of carbonyl (C=O) groups is 1. The minimum atomic E-state index is -4.15. The number of halogens is 2. The fraction of sp³-hybridized carbons (Fsp3) is 0.294. The molecule has 1 aromatic carbocycles. The molecule has 30 heavy (non-hydrogen) atoms. The van der Waals surface area contributed by atoms with Crippen LogP contribution in [0.25, 0.3) is 0 Å². The van der Waals surface area contributed by atoms with Crippen LogP contribution in [0.5, 0.6) is 0 Å². The van der Waals surface area contributed by atoms with Crippen molar-refractivity contribution in [1.82, 2.24) is 14.9 Å². The molecule has 1 aliphatic rings. The fourth-order valence-electron chi connectivity index (χ4n) is 2.31. The van der Waals surface area contributed by atoms with Gasteiger partial charge in [0.2, 0.25) is 5.91 Å². The predicted molar refractivity (Wildman–Crippen MR) is 110 cm³/mol. The van der Waals surface area contributed by atoms with Crippen molar-refractivity contribution in [2.75, 3.05) is 26.7 Å². The smallest absolute Gasteiger partial charge is 0.324 e. The van der Waals surface area contributed by atoms with Gasteiger partial charge in [-0.15, -0.1) is 16.2 Å². The first-order valence-electron chi connectivity index (χ1n) is 8.52. The Bertz CT molecular complexity index is 982. The number of hydrogen-bond acceptors (Lipinski definition) is 6. The van der Waals surface area contributed by atoms with Crippen molar-refractivity contribution in [2.24, 2.45) is 10.1 Å². The van der Waals surface area contributed by atoms with Crippen molar-refractivity contribution in [3.63, 3.8) is 0 Å². The maximum absolute atomic E-state index is 13.7. The number of rotatable bonds is 9. The zero-order chi connectivity index (χ0) is 22.3. The number of thioether (sulfide) groups is 1. The zero-order valence-electron chi connectivity index (χ0n) is 16.0. The Balaban J connectivity index is 2.01. The molecule has 0 atom stereocenters. The highest BCUT2D eigenvalue weighted by atomic mass is 32.2. The molecule has 1 fully saturated rings. The molecule has 164 valence electrons. The highest BCUT2D eigenvalue weighted by Gasteiger charge is 2.27. The molecule has 0 bridgehead atoms. The summed E-state index contributed by atoms with van der Waals surface area (Å²) >= 11 is 1.07. The molecule has 2 rings (SSSR count). The van der Waals surface area contributed by atoms with E-state index in [4.69, 9.17) is 10.5 Å². The normalized spacial score (nSPS) is 16.2. The average Bonchev–Trinajstić information content (AvgIpc) is 2.68. The van der Waals surface area contributed by atoms with E-state index in [0.29, 0.717) is 5.03 Å². The number of hydrogen-bond donors (Lipinski definition) is 3. The SMILES string of the molecule is C=C(NC(=CC(N)=NS(=O)(=O)N1CCNC(=O)C1)OC)SCc1cccc(F)c1F. The molecular weight excluding hydrogens is 440 g/mol. The molecule has 1 aromatic rings. The van der Waals surface area contributed by atoms with Gasteiger partial charge in [0.15, 0.2) is 17.5 Å². The summed E-state index contributed by atoms with van der Waals surface area (Å²) in [5, 5.41) is 5.55. The average molecular weight is 462 g/mol. The van der Waals surface area contributed by atoms with Crippen LogP contribution in [0.4, 0.5) is 8.78 Å². The quantitative estimate of drug-likeness (QED) is 0.282. The van der Waals surface area contributed by atoms with Crippen LogP contribution in [-0.4, -0.2) is 51.2 Å². The second-order valence-corrected chi connectivity index (χ2v) is 8.60. The number of benzene rings is 1. The molecule has 1 amide bonds. The van der Waals surface area contributed by atoms with Gasteiger partial charge in [-0.1, -0.05) is 18.7 Å². The van der Waals surface area contributed by atoms with Crippen molar-refractivity contribution in [3.8, 4) is 0 Å². The largest absolute Gasteiger partial charge is 0.482 e. The third kappa shape index (κ3) is 6.71. The molecule has 0 radical (unpaired) electrons. The van der Waals surface area contributed by atoms with E-state index in [9.17, 15) is 22.0 Å².